The zero-order valence-corrected chi connectivity index (χ0v) is 13.1. The van der Waals surface area contributed by atoms with Gasteiger partial charge >= 0.3 is 5.97 Å². The molecule has 2 rings (SSSR count). The second-order valence-electron chi connectivity index (χ2n) is 6.70. The highest BCUT2D eigenvalue weighted by atomic mass is 32.2. The summed E-state index contributed by atoms with van der Waals surface area (Å²) in [6.07, 6.45) is 5.60. The molecule has 0 aromatic heterocycles. The first-order valence-corrected chi connectivity index (χ1v) is 9.45. The summed E-state index contributed by atoms with van der Waals surface area (Å²) in [7, 11) is -3.06. The summed E-state index contributed by atoms with van der Waals surface area (Å²) in [5, 5.41) is 11.9. The van der Waals surface area contributed by atoms with Crippen LogP contribution in [0.15, 0.2) is 0 Å². The molecule has 0 aromatic rings. The van der Waals surface area contributed by atoms with Crippen LogP contribution in [-0.4, -0.2) is 43.5 Å². The van der Waals surface area contributed by atoms with Crippen LogP contribution < -0.4 is 5.32 Å². The topological polar surface area (TPSA) is 101 Å². The molecule has 2 saturated carbocycles. The third-order valence-electron chi connectivity index (χ3n) is 4.50. The molecule has 0 bridgehead atoms. The second-order valence-corrected chi connectivity index (χ2v) is 8.84. The number of rotatable bonds is 6. The smallest absolute Gasteiger partial charge is 0.306 e. The van der Waals surface area contributed by atoms with Gasteiger partial charge in [0.2, 0.25) is 5.91 Å². The maximum absolute atomic E-state index is 12.0. The van der Waals surface area contributed by atoms with Crippen LogP contribution in [0.25, 0.3) is 0 Å². The van der Waals surface area contributed by atoms with Crippen molar-refractivity contribution in [1.82, 2.24) is 5.32 Å². The zero-order valence-electron chi connectivity index (χ0n) is 12.3. The fraction of sp³-hybridized carbons (Fsp3) is 0.857. The first-order valence-electron chi connectivity index (χ1n) is 7.39. The third-order valence-corrected chi connectivity index (χ3v) is 5.64. The van der Waals surface area contributed by atoms with Crippen molar-refractivity contribution in [2.24, 2.45) is 11.3 Å². The predicted octanol–water partition coefficient (Wildman–Crippen LogP) is 0.961. The maximum Gasteiger partial charge on any atom is 0.306 e. The Labute approximate surface area is 125 Å². The molecule has 0 heterocycles. The normalized spacial score (nSPS) is 27.9. The number of nitrogens with one attached hydrogen (secondary N) is 1. The first kappa shape index (κ1) is 16.3. The number of amides is 1. The van der Waals surface area contributed by atoms with E-state index < -0.39 is 15.8 Å². The summed E-state index contributed by atoms with van der Waals surface area (Å²) in [6.45, 7) is 0. The van der Waals surface area contributed by atoms with E-state index in [1.807, 2.05) is 0 Å². The summed E-state index contributed by atoms with van der Waals surface area (Å²) < 4.78 is 22.7. The second kappa shape index (κ2) is 5.94. The van der Waals surface area contributed by atoms with Crippen LogP contribution >= 0.6 is 0 Å². The molecule has 120 valence electrons. The van der Waals surface area contributed by atoms with Gasteiger partial charge in [0, 0.05) is 18.7 Å². The molecule has 2 N–H and O–H groups in total. The molecule has 0 unspecified atom stereocenters. The Morgan fingerprint density at radius 2 is 1.76 bits per heavy atom. The molecular formula is C14H23NO5S. The number of carbonyl (C=O) groups excluding carboxylic acids is 1. The van der Waals surface area contributed by atoms with Crippen molar-refractivity contribution in [2.45, 2.75) is 51.0 Å². The van der Waals surface area contributed by atoms with Crippen LogP contribution in [0.4, 0.5) is 0 Å². The van der Waals surface area contributed by atoms with Crippen LogP contribution in [0.1, 0.15) is 44.9 Å². The molecular weight excluding hydrogens is 294 g/mol. The number of hydrogen-bond donors (Lipinski definition) is 2. The number of carboxylic acid groups (broad SMARTS) is 1. The van der Waals surface area contributed by atoms with Gasteiger partial charge in [0.15, 0.2) is 0 Å². The lowest BCUT2D eigenvalue weighted by Gasteiger charge is -2.27. The van der Waals surface area contributed by atoms with E-state index in [-0.39, 0.29) is 35.5 Å². The summed E-state index contributed by atoms with van der Waals surface area (Å²) >= 11 is 0. The van der Waals surface area contributed by atoms with Gasteiger partial charge in [-0.3, -0.25) is 9.59 Å². The van der Waals surface area contributed by atoms with Gasteiger partial charge < -0.3 is 10.4 Å². The molecule has 6 nitrogen and oxygen atoms in total. The molecule has 7 heteroatoms. The number of carbonyl (C=O) groups is 2. The van der Waals surface area contributed by atoms with Crippen molar-refractivity contribution in [3.8, 4) is 0 Å². The minimum atomic E-state index is -3.06. The SMILES string of the molecule is CS(=O)(=O)CC1(CC(=O)NC2CCC(C(=O)O)CC2)CC1. The van der Waals surface area contributed by atoms with Gasteiger partial charge in [-0.25, -0.2) is 8.42 Å². The van der Waals surface area contributed by atoms with E-state index in [1.165, 1.54) is 6.26 Å². The first-order chi connectivity index (χ1) is 9.69. The van der Waals surface area contributed by atoms with Crippen molar-refractivity contribution >= 4 is 21.7 Å². The molecule has 0 aromatic carbocycles. The molecule has 2 aliphatic rings. The summed E-state index contributed by atoms with van der Waals surface area (Å²) in [4.78, 5) is 22.9. The summed E-state index contributed by atoms with van der Waals surface area (Å²) in [5.74, 6) is -1.07. The van der Waals surface area contributed by atoms with Gasteiger partial charge in [-0.15, -0.1) is 0 Å². The van der Waals surface area contributed by atoms with E-state index in [2.05, 4.69) is 5.32 Å². The van der Waals surface area contributed by atoms with E-state index >= 15 is 0 Å². The Balaban J connectivity index is 1.77. The van der Waals surface area contributed by atoms with Gasteiger partial charge in [0.1, 0.15) is 9.84 Å². The van der Waals surface area contributed by atoms with Crippen LogP contribution in [0.5, 0.6) is 0 Å². The van der Waals surface area contributed by atoms with Crippen molar-refractivity contribution in [3.05, 3.63) is 0 Å². The van der Waals surface area contributed by atoms with Gasteiger partial charge in [-0.1, -0.05) is 0 Å². The van der Waals surface area contributed by atoms with Crippen molar-refractivity contribution in [3.63, 3.8) is 0 Å². The molecule has 0 spiro atoms. The number of hydrogen-bond acceptors (Lipinski definition) is 4. The largest absolute Gasteiger partial charge is 0.481 e. The van der Waals surface area contributed by atoms with Gasteiger partial charge in [0.25, 0.3) is 0 Å². The minimum Gasteiger partial charge on any atom is -0.481 e. The van der Waals surface area contributed by atoms with Crippen molar-refractivity contribution in [1.29, 1.82) is 0 Å². The van der Waals surface area contributed by atoms with E-state index in [9.17, 15) is 18.0 Å². The van der Waals surface area contributed by atoms with Crippen molar-refractivity contribution in [2.75, 3.05) is 12.0 Å². The van der Waals surface area contributed by atoms with Crippen LogP contribution in [0, 0.1) is 11.3 Å². The van der Waals surface area contributed by atoms with E-state index in [0.717, 1.165) is 12.8 Å². The molecule has 1 amide bonds. The average Bonchev–Trinajstić information content (AvgIpc) is 3.06. The molecule has 0 atom stereocenters. The highest BCUT2D eigenvalue weighted by Gasteiger charge is 2.46. The fourth-order valence-corrected chi connectivity index (χ4v) is 4.71. The Bertz CT molecular complexity index is 515. The summed E-state index contributed by atoms with van der Waals surface area (Å²) in [6, 6.07) is 0.0298. The Hall–Kier alpha value is -1.11. The Kier molecular flexibility index (Phi) is 4.60. The number of sulfone groups is 1. The van der Waals surface area contributed by atoms with Gasteiger partial charge in [0.05, 0.1) is 11.7 Å². The van der Waals surface area contributed by atoms with Crippen LogP contribution in [0.3, 0.4) is 0 Å². The molecule has 0 saturated heterocycles. The highest BCUT2D eigenvalue weighted by Crippen LogP contribution is 2.49. The lowest BCUT2D eigenvalue weighted by Crippen LogP contribution is -2.40. The monoisotopic (exact) mass is 317 g/mol. The van der Waals surface area contributed by atoms with Crippen LogP contribution in [0.2, 0.25) is 0 Å². The Morgan fingerprint density at radius 3 is 2.19 bits per heavy atom. The average molecular weight is 317 g/mol. The quantitative estimate of drug-likeness (QED) is 0.760. The van der Waals surface area contributed by atoms with Crippen molar-refractivity contribution < 1.29 is 23.1 Å². The third kappa shape index (κ3) is 4.98. The standard InChI is InChI=1S/C14H23NO5S/c1-21(19,20)9-14(6-7-14)8-12(16)15-11-4-2-10(3-5-11)13(17)18/h10-11H,2-9H2,1H3,(H,15,16)(H,17,18). The zero-order chi connectivity index (χ0) is 15.7. The molecule has 0 aliphatic heterocycles. The van der Waals surface area contributed by atoms with E-state index in [1.54, 1.807) is 0 Å². The highest BCUT2D eigenvalue weighted by molar-refractivity contribution is 7.90. The Morgan fingerprint density at radius 1 is 1.19 bits per heavy atom. The van der Waals surface area contributed by atoms with Gasteiger partial charge in [-0.05, 0) is 43.9 Å². The molecule has 2 fully saturated rings. The van der Waals surface area contributed by atoms with Gasteiger partial charge in [-0.2, -0.15) is 0 Å². The van der Waals surface area contributed by atoms with E-state index in [4.69, 9.17) is 5.11 Å². The lowest BCUT2D eigenvalue weighted by molar-refractivity contribution is -0.142. The lowest BCUT2D eigenvalue weighted by atomic mass is 9.86. The van der Waals surface area contributed by atoms with Crippen LogP contribution in [-0.2, 0) is 19.4 Å². The predicted molar refractivity (Wildman–Crippen MR) is 77.5 cm³/mol. The molecule has 2 aliphatic carbocycles. The number of aliphatic carboxylic acids is 1. The maximum atomic E-state index is 12.0. The minimum absolute atomic E-state index is 0.0298. The fourth-order valence-electron chi connectivity index (χ4n) is 3.21. The molecule has 21 heavy (non-hydrogen) atoms. The molecule has 0 radical (unpaired) electrons. The van der Waals surface area contributed by atoms with E-state index in [0.29, 0.717) is 25.7 Å². The summed E-state index contributed by atoms with van der Waals surface area (Å²) in [5.41, 5.74) is -0.351. The number of carboxylic acids is 1.